The number of halogens is 1. The standard InChI is InChI=1S/C16H18ClN3O2/c17-13-8-9-14(12-7-4-10-18-15(12)13)19-16(21)20-22-11-5-2-1-3-6-11/h4,7-11H,1-3,5-6H2,(H2,19,20,21). The smallest absolute Gasteiger partial charge is 0.306 e. The van der Waals surface area contributed by atoms with Crippen molar-refractivity contribution in [3.8, 4) is 0 Å². The van der Waals surface area contributed by atoms with Gasteiger partial charge in [-0.2, -0.15) is 0 Å². The molecule has 1 heterocycles. The van der Waals surface area contributed by atoms with Gasteiger partial charge in [-0.3, -0.25) is 9.82 Å². The zero-order valence-corrected chi connectivity index (χ0v) is 12.9. The van der Waals surface area contributed by atoms with Gasteiger partial charge >= 0.3 is 6.03 Å². The molecule has 1 aliphatic carbocycles. The molecule has 2 amide bonds. The lowest BCUT2D eigenvalue weighted by Gasteiger charge is -2.21. The highest BCUT2D eigenvalue weighted by atomic mass is 35.5. The molecule has 0 saturated heterocycles. The van der Waals surface area contributed by atoms with Gasteiger partial charge in [0.1, 0.15) is 0 Å². The van der Waals surface area contributed by atoms with Crippen molar-refractivity contribution in [2.24, 2.45) is 0 Å². The van der Waals surface area contributed by atoms with Crippen LogP contribution in [-0.2, 0) is 4.84 Å². The Hall–Kier alpha value is -1.85. The first-order valence-corrected chi connectivity index (χ1v) is 7.88. The molecule has 3 rings (SSSR count). The molecule has 0 atom stereocenters. The van der Waals surface area contributed by atoms with Crippen LogP contribution in [-0.4, -0.2) is 17.1 Å². The summed E-state index contributed by atoms with van der Waals surface area (Å²) < 4.78 is 0. The minimum atomic E-state index is -0.391. The van der Waals surface area contributed by atoms with Crippen molar-refractivity contribution in [3.63, 3.8) is 0 Å². The van der Waals surface area contributed by atoms with Gasteiger partial charge in [-0.15, -0.1) is 0 Å². The number of aromatic nitrogens is 1. The average molecular weight is 320 g/mol. The zero-order valence-electron chi connectivity index (χ0n) is 12.1. The van der Waals surface area contributed by atoms with Gasteiger partial charge in [0.25, 0.3) is 0 Å². The van der Waals surface area contributed by atoms with E-state index in [0.717, 1.165) is 31.1 Å². The fraction of sp³-hybridized carbons (Fsp3) is 0.375. The van der Waals surface area contributed by atoms with E-state index in [-0.39, 0.29) is 6.10 Å². The fourth-order valence-electron chi connectivity index (χ4n) is 2.71. The Bertz CT molecular complexity index is 671. The summed E-state index contributed by atoms with van der Waals surface area (Å²) >= 11 is 6.11. The van der Waals surface area contributed by atoms with Crippen LogP contribution in [0.2, 0.25) is 5.02 Å². The van der Waals surface area contributed by atoms with Gasteiger partial charge in [0.05, 0.1) is 22.3 Å². The summed E-state index contributed by atoms with van der Waals surface area (Å²) in [5.74, 6) is 0. The Morgan fingerprint density at radius 3 is 2.86 bits per heavy atom. The molecule has 1 aromatic heterocycles. The van der Waals surface area contributed by atoms with Crippen LogP contribution in [0, 0.1) is 0 Å². The van der Waals surface area contributed by atoms with E-state index in [1.165, 1.54) is 6.42 Å². The summed E-state index contributed by atoms with van der Waals surface area (Å²) in [6.45, 7) is 0. The molecule has 22 heavy (non-hydrogen) atoms. The lowest BCUT2D eigenvalue weighted by atomic mass is 9.98. The third kappa shape index (κ3) is 3.48. The normalized spacial score (nSPS) is 15.7. The van der Waals surface area contributed by atoms with Crippen molar-refractivity contribution in [3.05, 3.63) is 35.5 Å². The molecule has 2 N–H and O–H groups in total. The topological polar surface area (TPSA) is 63.2 Å². The van der Waals surface area contributed by atoms with E-state index in [1.807, 2.05) is 6.07 Å². The molecule has 0 radical (unpaired) electrons. The Labute approximate surface area is 134 Å². The van der Waals surface area contributed by atoms with Crippen LogP contribution in [0.3, 0.4) is 0 Å². The number of carbonyl (C=O) groups is 1. The van der Waals surface area contributed by atoms with E-state index < -0.39 is 6.03 Å². The highest BCUT2D eigenvalue weighted by Gasteiger charge is 2.15. The van der Waals surface area contributed by atoms with Crippen LogP contribution in [0.15, 0.2) is 30.5 Å². The number of carbonyl (C=O) groups excluding carboxylic acids is 1. The predicted octanol–water partition coefficient (Wildman–Crippen LogP) is 4.27. The van der Waals surface area contributed by atoms with Crippen molar-refractivity contribution >= 4 is 34.2 Å². The van der Waals surface area contributed by atoms with Gasteiger partial charge in [-0.25, -0.2) is 10.3 Å². The van der Waals surface area contributed by atoms with E-state index >= 15 is 0 Å². The van der Waals surface area contributed by atoms with Crippen molar-refractivity contribution in [1.29, 1.82) is 0 Å². The average Bonchev–Trinajstić information content (AvgIpc) is 2.57. The number of fused-ring (bicyclic) bond motifs is 1. The summed E-state index contributed by atoms with van der Waals surface area (Å²) in [7, 11) is 0. The molecule has 116 valence electrons. The molecule has 5 nitrogen and oxygen atoms in total. The van der Waals surface area contributed by atoms with Crippen LogP contribution in [0.5, 0.6) is 0 Å². The van der Waals surface area contributed by atoms with Crippen molar-refractivity contribution in [2.45, 2.75) is 38.2 Å². The van der Waals surface area contributed by atoms with E-state index in [2.05, 4.69) is 15.8 Å². The van der Waals surface area contributed by atoms with Gasteiger partial charge in [0, 0.05) is 11.6 Å². The van der Waals surface area contributed by atoms with Gasteiger partial charge < -0.3 is 5.32 Å². The molecular weight excluding hydrogens is 302 g/mol. The second-order valence-corrected chi connectivity index (χ2v) is 5.84. The Kier molecular flexibility index (Phi) is 4.75. The first-order valence-electron chi connectivity index (χ1n) is 7.50. The highest BCUT2D eigenvalue weighted by molar-refractivity contribution is 6.35. The quantitative estimate of drug-likeness (QED) is 0.830. The van der Waals surface area contributed by atoms with E-state index in [9.17, 15) is 4.79 Å². The number of benzene rings is 1. The summed E-state index contributed by atoms with van der Waals surface area (Å²) in [4.78, 5) is 21.7. The molecule has 0 unspecified atom stereocenters. The Balaban J connectivity index is 1.65. The minimum Gasteiger partial charge on any atom is -0.306 e. The number of pyridine rings is 1. The van der Waals surface area contributed by atoms with E-state index in [0.29, 0.717) is 16.2 Å². The summed E-state index contributed by atoms with van der Waals surface area (Å²) in [5.41, 5.74) is 3.79. The summed E-state index contributed by atoms with van der Waals surface area (Å²) in [6, 6.07) is 6.76. The Morgan fingerprint density at radius 2 is 2.05 bits per heavy atom. The van der Waals surface area contributed by atoms with Crippen LogP contribution in [0.4, 0.5) is 10.5 Å². The molecule has 0 bridgehead atoms. The zero-order chi connectivity index (χ0) is 15.4. The number of nitrogens with zero attached hydrogens (tertiary/aromatic N) is 1. The lowest BCUT2D eigenvalue weighted by Crippen LogP contribution is -2.34. The SMILES string of the molecule is O=C(NOC1CCCCC1)Nc1ccc(Cl)c2ncccc12. The molecule has 0 spiro atoms. The number of hydroxylamine groups is 1. The molecule has 2 aromatic rings. The number of anilines is 1. The Morgan fingerprint density at radius 1 is 1.23 bits per heavy atom. The maximum atomic E-state index is 12.0. The van der Waals surface area contributed by atoms with Gasteiger partial charge in [-0.05, 0) is 37.1 Å². The number of rotatable bonds is 3. The number of urea groups is 1. The molecule has 6 heteroatoms. The van der Waals surface area contributed by atoms with Crippen LogP contribution < -0.4 is 10.8 Å². The first-order chi connectivity index (χ1) is 10.7. The van der Waals surface area contributed by atoms with Crippen LogP contribution >= 0.6 is 11.6 Å². The second kappa shape index (κ2) is 6.94. The van der Waals surface area contributed by atoms with Crippen LogP contribution in [0.1, 0.15) is 32.1 Å². The van der Waals surface area contributed by atoms with Crippen molar-refractivity contribution < 1.29 is 9.63 Å². The molecule has 1 aliphatic rings. The van der Waals surface area contributed by atoms with E-state index in [4.69, 9.17) is 16.4 Å². The van der Waals surface area contributed by atoms with Crippen molar-refractivity contribution in [2.75, 3.05) is 5.32 Å². The molecule has 0 aliphatic heterocycles. The highest BCUT2D eigenvalue weighted by Crippen LogP contribution is 2.28. The fourth-order valence-corrected chi connectivity index (χ4v) is 2.93. The van der Waals surface area contributed by atoms with Gasteiger partial charge in [0.15, 0.2) is 0 Å². The predicted molar refractivity (Wildman–Crippen MR) is 86.9 cm³/mol. The number of nitrogens with one attached hydrogen (secondary N) is 2. The molecule has 1 saturated carbocycles. The van der Waals surface area contributed by atoms with Gasteiger partial charge in [0.2, 0.25) is 0 Å². The monoisotopic (exact) mass is 319 g/mol. The number of amides is 2. The van der Waals surface area contributed by atoms with Crippen molar-refractivity contribution in [1.82, 2.24) is 10.5 Å². The summed E-state index contributed by atoms with van der Waals surface area (Å²) in [6.07, 6.45) is 7.33. The molecule has 1 fully saturated rings. The molecule has 1 aromatic carbocycles. The number of hydrogen-bond acceptors (Lipinski definition) is 3. The third-order valence-corrected chi connectivity index (χ3v) is 4.14. The second-order valence-electron chi connectivity index (χ2n) is 5.43. The first kappa shape index (κ1) is 15.1. The maximum absolute atomic E-state index is 12.0. The third-order valence-electron chi connectivity index (χ3n) is 3.84. The van der Waals surface area contributed by atoms with E-state index in [1.54, 1.807) is 24.4 Å². The minimum absolute atomic E-state index is 0.114. The summed E-state index contributed by atoms with van der Waals surface area (Å²) in [5, 5.41) is 4.13. The number of hydrogen-bond donors (Lipinski definition) is 2. The van der Waals surface area contributed by atoms with Gasteiger partial charge in [-0.1, -0.05) is 30.9 Å². The maximum Gasteiger partial charge on any atom is 0.343 e. The molecular formula is C16H18ClN3O2. The lowest BCUT2D eigenvalue weighted by molar-refractivity contribution is -0.0198. The van der Waals surface area contributed by atoms with Crippen LogP contribution in [0.25, 0.3) is 10.9 Å². The largest absolute Gasteiger partial charge is 0.343 e.